The van der Waals surface area contributed by atoms with Crippen LogP contribution in [0.15, 0.2) is 40.9 Å². The van der Waals surface area contributed by atoms with Crippen LogP contribution in [0.2, 0.25) is 5.02 Å². The molecule has 0 aromatic heterocycles. The molecule has 0 bridgehead atoms. The van der Waals surface area contributed by atoms with E-state index in [1.165, 1.54) is 12.5 Å². The zero-order chi connectivity index (χ0) is 22.6. The van der Waals surface area contributed by atoms with E-state index in [0.717, 1.165) is 64.0 Å². The van der Waals surface area contributed by atoms with Gasteiger partial charge in [0.25, 0.3) is 0 Å². The van der Waals surface area contributed by atoms with Crippen molar-refractivity contribution in [3.8, 4) is 5.75 Å². The molecule has 1 aliphatic carbocycles. The molecule has 1 saturated heterocycles. The molecule has 2 N–H and O–H groups in total. The van der Waals surface area contributed by atoms with Crippen molar-refractivity contribution in [2.24, 2.45) is 0 Å². The molecule has 174 valence electrons. The third-order valence-electron chi connectivity index (χ3n) is 6.78. The van der Waals surface area contributed by atoms with Crippen LogP contribution >= 0.6 is 27.5 Å². The van der Waals surface area contributed by atoms with Crippen molar-refractivity contribution in [3.63, 3.8) is 0 Å². The molecule has 4 rings (SSSR count). The number of aliphatic hydroxyl groups is 1. The van der Waals surface area contributed by atoms with Crippen molar-refractivity contribution in [2.75, 3.05) is 32.7 Å². The number of benzene rings is 2. The summed E-state index contributed by atoms with van der Waals surface area (Å²) in [6.45, 7) is 4.85. The lowest BCUT2D eigenvalue weighted by molar-refractivity contribution is -0.0316. The molecule has 0 radical (unpaired) electrons. The Kier molecular flexibility index (Phi) is 8.11. The van der Waals surface area contributed by atoms with Gasteiger partial charge in [0.1, 0.15) is 18.2 Å². The van der Waals surface area contributed by atoms with Gasteiger partial charge in [-0.2, -0.15) is 0 Å². The zero-order valence-corrected chi connectivity index (χ0v) is 20.6. The van der Waals surface area contributed by atoms with Crippen molar-refractivity contribution in [3.05, 3.63) is 62.8 Å². The van der Waals surface area contributed by atoms with Gasteiger partial charge >= 0.3 is 0 Å². The smallest absolute Gasteiger partial charge is 0.138 e. The molecule has 2 aromatic carbocycles. The average Bonchev–Trinajstić information content (AvgIpc) is 2.79. The lowest BCUT2D eigenvalue weighted by Gasteiger charge is -2.42. The molecule has 1 aliphatic heterocycles. The van der Waals surface area contributed by atoms with Gasteiger partial charge < -0.3 is 20.1 Å². The van der Waals surface area contributed by atoms with Crippen molar-refractivity contribution >= 4 is 27.5 Å². The molecule has 2 fully saturated rings. The maximum atomic E-state index is 14.1. The SMILES string of the molecule is OC1(C(CN2CCNCC2)c2ccc(OCc3ccc(Br)cc3F)c(Cl)c2)CCCCC1. The van der Waals surface area contributed by atoms with Crippen LogP contribution in [-0.4, -0.2) is 48.3 Å². The monoisotopic (exact) mass is 524 g/mol. The number of rotatable bonds is 7. The molecule has 32 heavy (non-hydrogen) atoms. The lowest BCUT2D eigenvalue weighted by Crippen LogP contribution is -2.49. The number of hydrogen-bond acceptors (Lipinski definition) is 4. The molecule has 1 atom stereocenters. The number of piperazine rings is 1. The summed E-state index contributed by atoms with van der Waals surface area (Å²) in [5.41, 5.74) is 0.802. The summed E-state index contributed by atoms with van der Waals surface area (Å²) in [5, 5.41) is 15.5. The predicted molar refractivity (Wildman–Crippen MR) is 130 cm³/mol. The van der Waals surface area contributed by atoms with E-state index < -0.39 is 5.60 Å². The van der Waals surface area contributed by atoms with Gasteiger partial charge in [-0.3, -0.25) is 0 Å². The fourth-order valence-corrected chi connectivity index (χ4v) is 5.47. The van der Waals surface area contributed by atoms with Crippen LogP contribution in [0.5, 0.6) is 5.75 Å². The summed E-state index contributed by atoms with van der Waals surface area (Å²) in [4.78, 5) is 2.43. The predicted octanol–water partition coefficient (Wildman–Crippen LogP) is 5.50. The first kappa shape index (κ1) is 24.0. The second kappa shape index (κ2) is 10.8. The highest BCUT2D eigenvalue weighted by Crippen LogP contribution is 2.42. The van der Waals surface area contributed by atoms with Crippen LogP contribution in [0.4, 0.5) is 4.39 Å². The van der Waals surface area contributed by atoms with Gasteiger partial charge in [0, 0.05) is 48.7 Å². The summed E-state index contributed by atoms with van der Waals surface area (Å²) in [6.07, 6.45) is 4.94. The molecule has 4 nitrogen and oxygen atoms in total. The summed E-state index contributed by atoms with van der Waals surface area (Å²) < 4.78 is 20.6. The van der Waals surface area contributed by atoms with Crippen molar-refractivity contribution in [1.29, 1.82) is 0 Å². The number of halogens is 3. The summed E-state index contributed by atoms with van der Waals surface area (Å²) in [6, 6.07) is 10.7. The molecule has 0 amide bonds. The first-order valence-electron chi connectivity index (χ1n) is 11.5. The Morgan fingerprint density at radius 2 is 1.88 bits per heavy atom. The average molecular weight is 526 g/mol. The molecular formula is C25H31BrClFN2O2. The van der Waals surface area contributed by atoms with Gasteiger partial charge in [-0.15, -0.1) is 0 Å². The Balaban J connectivity index is 1.52. The van der Waals surface area contributed by atoms with Gasteiger partial charge in [0.2, 0.25) is 0 Å². The first-order chi connectivity index (χ1) is 15.4. The van der Waals surface area contributed by atoms with Crippen LogP contribution in [0, 0.1) is 5.82 Å². The zero-order valence-electron chi connectivity index (χ0n) is 18.3. The fourth-order valence-electron chi connectivity index (χ4n) is 4.90. The Hall–Kier alpha value is -1.18. The molecule has 1 unspecified atom stereocenters. The topological polar surface area (TPSA) is 44.7 Å². The van der Waals surface area contributed by atoms with E-state index in [-0.39, 0.29) is 18.3 Å². The maximum absolute atomic E-state index is 14.1. The summed E-state index contributed by atoms with van der Waals surface area (Å²) >= 11 is 9.87. The van der Waals surface area contributed by atoms with Crippen molar-refractivity contribution in [1.82, 2.24) is 10.2 Å². The second-order valence-electron chi connectivity index (χ2n) is 8.98. The minimum absolute atomic E-state index is 0.00336. The van der Waals surface area contributed by atoms with E-state index >= 15 is 0 Å². The number of nitrogens with zero attached hydrogens (tertiary/aromatic N) is 1. The van der Waals surface area contributed by atoms with Crippen LogP contribution in [0.25, 0.3) is 0 Å². The van der Waals surface area contributed by atoms with E-state index in [1.54, 1.807) is 12.1 Å². The Bertz CT molecular complexity index is 917. The van der Waals surface area contributed by atoms with Crippen LogP contribution in [-0.2, 0) is 6.61 Å². The fraction of sp³-hybridized carbons (Fsp3) is 0.520. The Morgan fingerprint density at radius 3 is 2.56 bits per heavy atom. The summed E-state index contributed by atoms with van der Waals surface area (Å²) in [7, 11) is 0. The highest BCUT2D eigenvalue weighted by atomic mass is 79.9. The molecular weight excluding hydrogens is 495 g/mol. The molecule has 2 aromatic rings. The largest absolute Gasteiger partial charge is 0.487 e. The van der Waals surface area contributed by atoms with E-state index in [0.29, 0.717) is 20.8 Å². The van der Waals surface area contributed by atoms with Crippen LogP contribution in [0.3, 0.4) is 0 Å². The van der Waals surface area contributed by atoms with E-state index in [1.807, 2.05) is 18.2 Å². The summed E-state index contributed by atoms with van der Waals surface area (Å²) in [5.74, 6) is 0.202. The minimum Gasteiger partial charge on any atom is -0.487 e. The number of ether oxygens (including phenoxy) is 1. The highest BCUT2D eigenvalue weighted by Gasteiger charge is 2.39. The third kappa shape index (κ3) is 5.84. The quantitative estimate of drug-likeness (QED) is 0.501. The van der Waals surface area contributed by atoms with Gasteiger partial charge in [0.15, 0.2) is 0 Å². The number of hydrogen-bond donors (Lipinski definition) is 2. The van der Waals surface area contributed by atoms with Gasteiger partial charge in [-0.1, -0.05) is 58.9 Å². The van der Waals surface area contributed by atoms with E-state index in [9.17, 15) is 9.50 Å². The molecule has 7 heteroatoms. The Labute approximate surface area is 203 Å². The molecule has 1 heterocycles. The second-order valence-corrected chi connectivity index (χ2v) is 10.3. The van der Waals surface area contributed by atoms with Crippen LogP contribution < -0.4 is 10.1 Å². The lowest BCUT2D eigenvalue weighted by atomic mass is 9.72. The normalized spacial score (nSPS) is 20.1. The molecule has 0 spiro atoms. The minimum atomic E-state index is -0.713. The standard InChI is InChI=1S/C25H31BrClFN2O2/c26-20-6-4-19(23(28)15-20)17-32-24-7-5-18(14-22(24)27)21(16-30-12-10-29-11-13-30)25(31)8-2-1-3-9-25/h4-7,14-15,21,29,31H,1-3,8-13,16-17H2. The van der Waals surface area contributed by atoms with E-state index in [2.05, 4.69) is 26.1 Å². The van der Waals surface area contributed by atoms with Crippen molar-refractivity contribution < 1.29 is 14.2 Å². The van der Waals surface area contributed by atoms with Crippen molar-refractivity contribution in [2.45, 2.75) is 50.2 Å². The molecule has 1 saturated carbocycles. The Morgan fingerprint density at radius 1 is 1.12 bits per heavy atom. The van der Waals surface area contributed by atoms with Gasteiger partial charge in [-0.25, -0.2) is 4.39 Å². The van der Waals surface area contributed by atoms with Gasteiger partial charge in [-0.05, 0) is 42.7 Å². The van der Waals surface area contributed by atoms with E-state index in [4.69, 9.17) is 16.3 Å². The third-order valence-corrected chi connectivity index (χ3v) is 7.56. The maximum Gasteiger partial charge on any atom is 0.138 e. The first-order valence-corrected chi connectivity index (χ1v) is 12.6. The highest BCUT2D eigenvalue weighted by molar-refractivity contribution is 9.10. The number of nitrogens with one attached hydrogen (secondary N) is 1. The molecule has 2 aliphatic rings. The van der Waals surface area contributed by atoms with Gasteiger partial charge in [0.05, 0.1) is 10.6 Å². The van der Waals surface area contributed by atoms with Crippen LogP contribution in [0.1, 0.15) is 49.1 Å².